The summed E-state index contributed by atoms with van der Waals surface area (Å²) in [4.78, 5) is 12.2. The van der Waals surface area contributed by atoms with Crippen molar-refractivity contribution in [3.05, 3.63) is 0 Å². The maximum absolute atomic E-state index is 10.8. The van der Waals surface area contributed by atoms with Gasteiger partial charge in [-0.05, 0) is 31.0 Å². The van der Waals surface area contributed by atoms with Crippen LogP contribution in [0.1, 0.15) is 33.6 Å². The number of piperidine rings is 1. The number of ether oxygens (including phenoxy) is 2. The highest BCUT2D eigenvalue weighted by molar-refractivity contribution is 6.74. The Morgan fingerprint density at radius 3 is 2.22 bits per heavy atom. The fourth-order valence-corrected chi connectivity index (χ4v) is 3.19. The minimum absolute atomic E-state index is 0.151. The fraction of sp³-hybridized carbons (Fsp3) is 0.938. The highest BCUT2D eigenvalue weighted by atomic mass is 28.4. The molecule has 1 aliphatic rings. The van der Waals surface area contributed by atoms with Gasteiger partial charge in [-0.25, -0.2) is 4.79 Å². The smallest absolute Gasteiger partial charge is 0.407 e. The Bertz CT molecular complexity index is 362. The van der Waals surface area contributed by atoms with Gasteiger partial charge in [0.15, 0.2) is 8.32 Å². The van der Waals surface area contributed by atoms with Gasteiger partial charge in [0, 0.05) is 13.1 Å². The zero-order valence-electron chi connectivity index (χ0n) is 15.3. The van der Waals surface area contributed by atoms with Gasteiger partial charge in [-0.1, -0.05) is 20.8 Å². The monoisotopic (exact) mass is 347 g/mol. The third-order valence-corrected chi connectivity index (χ3v) is 9.33. The van der Waals surface area contributed by atoms with Gasteiger partial charge < -0.3 is 23.9 Å². The molecule has 7 heteroatoms. The predicted octanol–water partition coefficient (Wildman–Crippen LogP) is 3.18. The fourth-order valence-electron chi connectivity index (χ4n) is 2.16. The second kappa shape index (κ2) is 9.01. The molecule has 0 atom stereocenters. The van der Waals surface area contributed by atoms with Crippen molar-refractivity contribution in [2.75, 3.05) is 39.5 Å². The Labute approximate surface area is 141 Å². The molecule has 0 unspecified atom stereocenters. The van der Waals surface area contributed by atoms with E-state index in [4.69, 9.17) is 19.0 Å². The van der Waals surface area contributed by atoms with Crippen LogP contribution in [0.15, 0.2) is 0 Å². The summed E-state index contributed by atoms with van der Waals surface area (Å²) in [7, 11) is -1.68. The second-order valence-corrected chi connectivity index (χ2v) is 12.4. The zero-order chi connectivity index (χ0) is 17.5. The Morgan fingerprint density at radius 1 is 1.13 bits per heavy atom. The molecule has 23 heavy (non-hydrogen) atoms. The van der Waals surface area contributed by atoms with E-state index in [2.05, 4.69) is 33.9 Å². The van der Waals surface area contributed by atoms with Crippen LogP contribution in [0.2, 0.25) is 18.1 Å². The zero-order valence-corrected chi connectivity index (χ0v) is 16.3. The molecule has 1 fully saturated rings. The molecular weight excluding hydrogens is 314 g/mol. The molecule has 1 heterocycles. The number of hydrogen-bond acceptors (Lipinski definition) is 4. The van der Waals surface area contributed by atoms with Crippen molar-refractivity contribution in [2.24, 2.45) is 0 Å². The van der Waals surface area contributed by atoms with E-state index in [0.717, 1.165) is 12.8 Å². The van der Waals surface area contributed by atoms with E-state index in [1.54, 1.807) is 0 Å². The van der Waals surface area contributed by atoms with Crippen LogP contribution in [0, 0.1) is 0 Å². The molecule has 0 radical (unpaired) electrons. The van der Waals surface area contributed by atoms with Gasteiger partial charge in [0.25, 0.3) is 0 Å². The summed E-state index contributed by atoms with van der Waals surface area (Å²) in [6.07, 6.45) is 0.841. The van der Waals surface area contributed by atoms with Crippen molar-refractivity contribution in [2.45, 2.75) is 57.8 Å². The van der Waals surface area contributed by atoms with Crippen LogP contribution in [0.25, 0.3) is 0 Å². The van der Waals surface area contributed by atoms with Gasteiger partial charge in [0.05, 0.1) is 32.5 Å². The molecule has 0 aromatic carbocycles. The van der Waals surface area contributed by atoms with Gasteiger partial charge in [-0.15, -0.1) is 0 Å². The normalized spacial score (nSPS) is 17.5. The van der Waals surface area contributed by atoms with E-state index in [9.17, 15) is 4.79 Å². The quantitative estimate of drug-likeness (QED) is 0.539. The molecule has 1 amide bonds. The maximum Gasteiger partial charge on any atom is 0.407 e. The molecule has 1 N–H and O–H groups in total. The molecule has 6 nitrogen and oxygen atoms in total. The third kappa shape index (κ3) is 7.20. The lowest BCUT2D eigenvalue weighted by Gasteiger charge is -2.36. The number of carboxylic acid groups (broad SMARTS) is 1. The van der Waals surface area contributed by atoms with Crippen LogP contribution in [0.5, 0.6) is 0 Å². The van der Waals surface area contributed by atoms with E-state index in [1.165, 1.54) is 4.90 Å². The van der Waals surface area contributed by atoms with E-state index in [-0.39, 0.29) is 11.1 Å². The first-order valence-corrected chi connectivity index (χ1v) is 11.4. The summed E-state index contributed by atoms with van der Waals surface area (Å²) in [6.45, 7) is 14.6. The summed E-state index contributed by atoms with van der Waals surface area (Å²) >= 11 is 0. The Kier molecular flexibility index (Phi) is 7.99. The standard InChI is InChI=1S/C16H33NO5Si/c1-16(2,3)23(4,5)22-13-11-20-10-12-21-14-6-8-17(9-7-14)15(18)19/h14H,6-13H2,1-5H3,(H,18,19). The van der Waals surface area contributed by atoms with Crippen LogP contribution in [0.4, 0.5) is 4.79 Å². The largest absolute Gasteiger partial charge is 0.465 e. The summed E-state index contributed by atoms with van der Waals surface area (Å²) in [5.41, 5.74) is 0. The Morgan fingerprint density at radius 2 is 1.70 bits per heavy atom. The van der Waals surface area contributed by atoms with E-state index in [0.29, 0.717) is 39.5 Å². The summed E-state index contributed by atoms with van der Waals surface area (Å²) in [5, 5.41) is 9.11. The highest BCUT2D eigenvalue weighted by Gasteiger charge is 2.36. The minimum Gasteiger partial charge on any atom is -0.465 e. The summed E-state index contributed by atoms with van der Waals surface area (Å²) < 4.78 is 17.3. The lowest BCUT2D eigenvalue weighted by molar-refractivity contribution is -0.0236. The van der Waals surface area contributed by atoms with Gasteiger partial charge in [0.2, 0.25) is 0 Å². The molecule has 1 aliphatic heterocycles. The number of rotatable bonds is 8. The molecule has 1 saturated heterocycles. The average Bonchev–Trinajstić information content (AvgIpc) is 2.45. The molecule has 0 aromatic heterocycles. The van der Waals surface area contributed by atoms with Crippen molar-refractivity contribution >= 4 is 14.4 Å². The molecule has 136 valence electrons. The number of nitrogens with zero attached hydrogens (tertiary/aromatic N) is 1. The number of carbonyl (C=O) groups is 1. The van der Waals surface area contributed by atoms with Crippen LogP contribution < -0.4 is 0 Å². The van der Waals surface area contributed by atoms with Crippen molar-refractivity contribution in [1.82, 2.24) is 4.90 Å². The average molecular weight is 348 g/mol. The predicted molar refractivity (Wildman–Crippen MR) is 92.5 cm³/mol. The summed E-state index contributed by atoms with van der Waals surface area (Å²) in [5.74, 6) is 0. The molecule has 0 spiro atoms. The van der Waals surface area contributed by atoms with Gasteiger partial charge in [-0.2, -0.15) is 0 Å². The Balaban J connectivity index is 2.01. The van der Waals surface area contributed by atoms with Crippen molar-refractivity contribution in [3.8, 4) is 0 Å². The molecule has 0 aliphatic carbocycles. The number of hydrogen-bond donors (Lipinski definition) is 1. The molecule has 0 aromatic rings. The van der Waals surface area contributed by atoms with Crippen molar-refractivity contribution in [3.63, 3.8) is 0 Å². The van der Waals surface area contributed by atoms with E-state index >= 15 is 0 Å². The molecular formula is C16H33NO5Si. The Hall–Kier alpha value is -0.633. The van der Waals surface area contributed by atoms with Crippen LogP contribution in [-0.4, -0.2) is 70.0 Å². The maximum atomic E-state index is 10.8. The topological polar surface area (TPSA) is 68.2 Å². The van der Waals surface area contributed by atoms with Gasteiger partial charge in [-0.3, -0.25) is 0 Å². The molecule has 0 bridgehead atoms. The van der Waals surface area contributed by atoms with Gasteiger partial charge >= 0.3 is 6.09 Å². The van der Waals surface area contributed by atoms with Gasteiger partial charge in [0.1, 0.15) is 0 Å². The lowest BCUT2D eigenvalue weighted by atomic mass is 10.1. The van der Waals surface area contributed by atoms with Crippen molar-refractivity contribution < 1.29 is 23.8 Å². The first-order chi connectivity index (χ1) is 10.6. The third-order valence-electron chi connectivity index (χ3n) is 4.79. The highest BCUT2D eigenvalue weighted by Crippen LogP contribution is 2.36. The SMILES string of the molecule is CC(C)(C)[Si](C)(C)OCCOCCOC1CCN(C(=O)O)CC1. The van der Waals surface area contributed by atoms with Crippen LogP contribution in [0.3, 0.4) is 0 Å². The summed E-state index contributed by atoms with van der Waals surface area (Å²) in [6, 6.07) is 0. The first-order valence-electron chi connectivity index (χ1n) is 8.44. The first kappa shape index (κ1) is 20.4. The van der Waals surface area contributed by atoms with Crippen molar-refractivity contribution in [1.29, 1.82) is 0 Å². The number of amides is 1. The van der Waals surface area contributed by atoms with Crippen LogP contribution >= 0.6 is 0 Å². The van der Waals surface area contributed by atoms with Crippen LogP contribution in [-0.2, 0) is 13.9 Å². The second-order valence-electron chi connectivity index (χ2n) is 7.56. The lowest BCUT2D eigenvalue weighted by Crippen LogP contribution is -2.41. The van der Waals surface area contributed by atoms with E-state index < -0.39 is 14.4 Å². The number of likely N-dealkylation sites (tertiary alicyclic amines) is 1. The van der Waals surface area contributed by atoms with E-state index in [1.807, 2.05) is 0 Å². The molecule has 1 rings (SSSR count). The minimum atomic E-state index is -1.68. The molecule has 0 saturated carbocycles.